The van der Waals surface area contributed by atoms with Gasteiger partial charge in [0.25, 0.3) is 11.2 Å². The summed E-state index contributed by atoms with van der Waals surface area (Å²) in [5.74, 6) is 0.215. The highest BCUT2D eigenvalue weighted by Crippen LogP contribution is 2.40. The van der Waals surface area contributed by atoms with E-state index in [1.165, 1.54) is 30.9 Å². The van der Waals surface area contributed by atoms with Crippen molar-refractivity contribution in [1.29, 1.82) is 0 Å². The van der Waals surface area contributed by atoms with Crippen LogP contribution in [-0.2, 0) is 14.3 Å². The molecule has 2 aromatic carbocycles. The first-order chi connectivity index (χ1) is 18.8. The smallest absolute Gasteiger partial charge is 0.338 e. The minimum absolute atomic E-state index is 0.0276. The van der Waals surface area contributed by atoms with Gasteiger partial charge >= 0.3 is 5.97 Å². The van der Waals surface area contributed by atoms with Gasteiger partial charge in [0.05, 0.1) is 41.0 Å². The number of hydrogen-bond acceptors (Lipinski definition) is 10. The standard InChI is InChI=1S/C27H27N3O8S/c1-5-37-24-19(7-6-8-20(24)36-4)23-22(26(32)38-14-13-35-3)16(2)28-27-29(23)25(31)21(39-27)15-17-9-11-18(12-10-17)30(33)34/h6-12,15,23H,5,13-14H2,1-4H3/b21-15+/t23-/m0/s1. The first kappa shape index (κ1) is 27.7. The number of carbonyl (C=O) groups excluding carboxylic acids is 1. The van der Waals surface area contributed by atoms with E-state index in [9.17, 15) is 19.7 Å². The number of fused-ring (bicyclic) bond motifs is 1. The predicted octanol–water partition coefficient (Wildman–Crippen LogP) is 2.74. The summed E-state index contributed by atoms with van der Waals surface area (Å²) in [5.41, 5.74) is 1.29. The zero-order valence-corrected chi connectivity index (χ0v) is 22.6. The van der Waals surface area contributed by atoms with Gasteiger partial charge in [0.15, 0.2) is 16.3 Å². The Bertz CT molecular complexity index is 1610. The Morgan fingerprint density at radius 2 is 1.92 bits per heavy atom. The molecule has 1 aliphatic heterocycles. The number of carbonyl (C=O) groups is 1. The zero-order valence-electron chi connectivity index (χ0n) is 21.8. The number of hydrogen-bond donors (Lipinski definition) is 0. The van der Waals surface area contributed by atoms with Gasteiger partial charge in [-0.05, 0) is 43.7 Å². The van der Waals surface area contributed by atoms with Crippen molar-refractivity contribution in [3.05, 3.63) is 94.7 Å². The average Bonchev–Trinajstić information content (AvgIpc) is 3.22. The number of thiazole rings is 1. The molecule has 0 spiro atoms. The van der Waals surface area contributed by atoms with E-state index in [4.69, 9.17) is 18.9 Å². The Labute approximate surface area is 227 Å². The fraction of sp³-hybridized carbons (Fsp3) is 0.296. The molecule has 0 fully saturated rings. The van der Waals surface area contributed by atoms with Gasteiger partial charge in [-0.25, -0.2) is 9.79 Å². The van der Waals surface area contributed by atoms with E-state index in [2.05, 4.69) is 4.99 Å². The summed E-state index contributed by atoms with van der Waals surface area (Å²) in [6.07, 6.45) is 1.63. The van der Waals surface area contributed by atoms with Crippen LogP contribution in [0, 0.1) is 10.1 Å². The Kier molecular flexibility index (Phi) is 8.57. The van der Waals surface area contributed by atoms with E-state index in [-0.39, 0.29) is 30.0 Å². The van der Waals surface area contributed by atoms with Crippen molar-refractivity contribution >= 4 is 29.1 Å². The molecule has 0 radical (unpaired) electrons. The maximum Gasteiger partial charge on any atom is 0.338 e. The third-order valence-corrected chi connectivity index (χ3v) is 6.96. The second-order valence-corrected chi connectivity index (χ2v) is 9.38. The number of ether oxygens (including phenoxy) is 4. The summed E-state index contributed by atoms with van der Waals surface area (Å²) in [5, 5.41) is 11.0. The van der Waals surface area contributed by atoms with Crippen LogP contribution in [0.15, 0.2) is 63.5 Å². The van der Waals surface area contributed by atoms with E-state index < -0.39 is 16.9 Å². The fourth-order valence-electron chi connectivity index (χ4n) is 4.22. The van der Waals surface area contributed by atoms with Gasteiger partial charge in [0, 0.05) is 24.8 Å². The maximum absolute atomic E-state index is 13.8. The van der Waals surface area contributed by atoms with Crippen LogP contribution in [0.2, 0.25) is 0 Å². The number of allylic oxidation sites excluding steroid dienone is 1. The van der Waals surface area contributed by atoms with Crippen LogP contribution < -0.4 is 24.4 Å². The van der Waals surface area contributed by atoms with E-state index in [1.807, 2.05) is 6.92 Å². The van der Waals surface area contributed by atoms with Gasteiger partial charge in [-0.3, -0.25) is 19.5 Å². The van der Waals surface area contributed by atoms with Crippen molar-refractivity contribution < 1.29 is 28.7 Å². The average molecular weight is 554 g/mol. The highest BCUT2D eigenvalue weighted by atomic mass is 32.1. The van der Waals surface area contributed by atoms with Gasteiger partial charge in [-0.15, -0.1) is 0 Å². The number of methoxy groups -OCH3 is 2. The largest absolute Gasteiger partial charge is 0.493 e. The molecule has 0 saturated heterocycles. The molecule has 4 rings (SSSR count). The summed E-state index contributed by atoms with van der Waals surface area (Å²) in [7, 11) is 3.01. The molecule has 39 heavy (non-hydrogen) atoms. The Balaban J connectivity index is 1.94. The van der Waals surface area contributed by atoms with Crippen LogP contribution in [0.4, 0.5) is 5.69 Å². The number of non-ortho nitro benzene ring substituents is 1. The van der Waals surface area contributed by atoms with Gasteiger partial charge in [-0.1, -0.05) is 23.5 Å². The first-order valence-corrected chi connectivity index (χ1v) is 12.8. The monoisotopic (exact) mass is 553 g/mol. The van der Waals surface area contributed by atoms with Gasteiger partial charge in [0.2, 0.25) is 0 Å². The number of benzene rings is 2. The lowest BCUT2D eigenvalue weighted by Gasteiger charge is -2.27. The quantitative estimate of drug-likeness (QED) is 0.162. The minimum atomic E-state index is -0.910. The normalized spacial score (nSPS) is 15.0. The number of aromatic nitrogens is 1. The number of nitro groups is 1. The molecule has 0 amide bonds. The number of nitro benzene ring substituents is 1. The molecule has 204 valence electrons. The van der Waals surface area contributed by atoms with Crippen LogP contribution in [0.1, 0.15) is 31.0 Å². The maximum atomic E-state index is 13.8. The molecule has 0 saturated carbocycles. The predicted molar refractivity (Wildman–Crippen MR) is 144 cm³/mol. The van der Waals surface area contributed by atoms with Crippen molar-refractivity contribution in [3.63, 3.8) is 0 Å². The molecule has 0 unspecified atom stereocenters. The second kappa shape index (κ2) is 12.0. The molecule has 2 heterocycles. The lowest BCUT2D eigenvalue weighted by molar-refractivity contribution is -0.384. The van der Waals surface area contributed by atoms with Gasteiger partial charge in [-0.2, -0.15) is 0 Å². The van der Waals surface area contributed by atoms with E-state index in [0.29, 0.717) is 44.3 Å². The topological polar surface area (TPSA) is 131 Å². The lowest BCUT2D eigenvalue weighted by atomic mass is 9.94. The van der Waals surface area contributed by atoms with Crippen LogP contribution in [-0.4, -0.2) is 49.5 Å². The molecule has 1 atom stereocenters. The second-order valence-electron chi connectivity index (χ2n) is 8.37. The van der Waals surface area contributed by atoms with Crippen LogP contribution in [0.3, 0.4) is 0 Å². The highest BCUT2D eigenvalue weighted by Gasteiger charge is 2.36. The molecule has 0 bridgehead atoms. The van der Waals surface area contributed by atoms with E-state index in [1.54, 1.807) is 43.3 Å². The van der Waals surface area contributed by atoms with E-state index >= 15 is 0 Å². The first-order valence-electron chi connectivity index (χ1n) is 12.0. The summed E-state index contributed by atoms with van der Waals surface area (Å²) in [6.45, 7) is 4.08. The molecule has 1 aliphatic rings. The Hall–Kier alpha value is -4.29. The van der Waals surface area contributed by atoms with Crippen molar-refractivity contribution in [3.8, 4) is 11.5 Å². The molecule has 0 N–H and O–H groups in total. The molecule has 0 aliphatic carbocycles. The molecular weight excluding hydrogens is 526 g/mol. The van der Waals surface area contributed by atoms with Crippen LogP contribution in [0.5, 0.6) is 11.5 Å². The molecule has 3 aromatic rings. The molecule has 11 nitrogen and oxygen atoms in total. The summed E-state index contributed by atoms with van der Waals surface area (Å²) in [6, 6.07) is 10.2. The summed E-state index contributed by atoms with van der Waals surface area (Å²) >= 11 is 1.15. The fourth-order valence-corrected chi connectivity index (χ4v) is 5.27. The third-order valence-electron chi connectivity index (χ3n) is 5.98. The van der Waals surface area contributed by atoms with Crippen LogP contribution >= 0.6 is 11.3 Å². The van der Waals surface area contributed by atoms with Crippen molar-refractivity contribution in [2.75, 3.05) is 34.0 Å². The Morgan fingerprint density at radius 1 is 1.18 bits per heavy atom. The molecule has 12 heteroatoms. The van der Waals surface area contributed by atoms with Crippen molar-refractivity contribution in [2.24, 2.45) is 4.99 Å². The number of nitrogens with zero attached hydrogens (tertiary/aromatic N) is 3. The van der Waals surface area contributed by atoms with Crippen molar-refractivity contribution in [2.45, 2.75) is 19.9 Å². The number of rotatable bonds is 10. The minimum Gasteiger partial charge on any atom is -0.493 e. The summed E-state index contributed by atoms with van der Waals surface area (Å²) < 4.78 is 23.7. The van der Waals surface area contributed by atoms with Gasteiger partial charge in [0.1, 0.15) is 12.6 Å². The van der Waals surface area contributed by atoms with Crippen LogP contribution in [0.25, 0.3) is 6.08 Å². The van der Waals surface area contributed by atoms with Gasteiger partial charge < -0.3 is 18.9 Å². The Morgan fingerprint density at radius 3 is 2.56 bits per heavy atom. The lowest BCUT2D eigenvalue weighted by Crippen LogP contribution is -2.40. The number of para-hydroxylation sites is 1. The third kappa shape index (κ3) is 5.61. The SMILES string of the molecule is CCOc1c(OC)cccc1[C@H]1C(C(=O)OCCOC)=C(C)N=c2s/c(=C/c3ccc([N+](=O)[O-])cc3)c(=O)n21. The summed E-state index contributed by atoms with van der Waals surface area (Å²) in [4.78, 5) is 42.7. The highest BCUT2D eigenvalue weighted by molar-refractivity contribution is 7.07. The number of esters is 1. The van der Waals surface area contributed by atoms with Crippen molar-refractivity contribution in [1.82, 2.24) is 4.57 Å². The zero-order chi connectivity index (χ0) is 28.1. The molecular formula is C27H27N3O8S. The van der Waals surface area contributed by atoms with E-state index in [0.717, 1.165) is 11.3 Å². The molecule has 1 aromatic heterocycles.